The first kappa shape index (κ1) is 16.6. The maximum Gasteiger partial charge on any atom is 0.409 e. The van der Waals surface area contributed by atoms with Crippen LogP contribution in [0.15, 0.2) is 0 Å². The van der Waals surface area contributed by atoms with E-state index in [2.05, 4.69) is 16.8 Å². The average Bonchev–Trinajstić information content (AvgIpc) is 3.36. The molecule has 0 aromatic heterocycles. The van der Waals surface area contributed by atoms with Crippen molar-refractivity contribution in [2.45, 2.75) is 44.6 Å². The normalized spacial score (nSPS) is 29.7. The molecule has 3 rings (SSSR count). The molecule has 6 nitrogen and oxygen atoms in total. The Kier molecular flexibility index (Phi) is 4.80. The highest BCUT2D eigenvalue weighted by Crippen LogP contribution is 2.35. The van der Waals surface area contributed by atoms with Gasteiger partial charge in [-0.25, -0.2) is 4.79 Å². The molecule has 2 heterocycles. The molecular formula is C17H29N3O3. The van der Waals surface area contributed by atoms with Gasteiger partial charge in [0.2, 0.25) is 5.91 Å². The molecule has 2 saturated heterocycles. The summed E-state index contributed by atoms with van der Waals surface area (Å²) in [4.78, 5) is 30.8. The van der Waals surface area contributed by atoms with Gasteiger partial charge in [0.1, 0.15) is 0 Å². The van der Waals surface area contributed by atoms with E-state index in [1.165, 1.54) is 12.8 Å². The fraction of sp³-hybridized carbons (Fsp3) is 0.882. The molecule has 130 valence electrons. The molecule has 2 aliphatic heterocycles. The van der Waals surface area contributed by atoms with Crippen molar-refractivity contribution in [3.63, 3.8) is 0 Å². The van der Waals surface area contributed by atoms with Crippen LogP contribution in [-0.4, -0.2) is 78.6 Å². The summed E-state index contributed by atoms with van der Waals surface area (Å²) in [5.74, 6) is 1.02. The lowest BCUT2D eigenvalue weighted by Gasteiger charge is -2.48. The number of carbonyl (C=O) groups is 2. The lowest BCUT2D eigenvalue weighted by atomic mass is 9.86. The van der Waals surface area contributed by atoms with Crippen molar-refractivity contribution in [1.82, 2.24) is 14.7 Å². The largest absolute Gasteiger partial charge is 0.450 e. The third-order valence-corrected chi connectivity index (χ3v) is 5.71. The number of hydrogen-bond donors (Lipinski definition) is 0. The highest BCUT2D eigenvalue weighted by atomic mass is 16.6. The smallest absolute Gasteiger partial charge is 0.409 e. The topological polar surface area (TPSA) is 53.1 Å². The molecular weight excluding hydrogens is 294 g/mol. The molecule has 1 spiro atoms. The van der Waals surface area contributed by atoms with Crippen LogP contribution in [0, 0.1) is 5.92 Å². The molecule has 0 aromatic carbocycles. The van der Waals surface area contributed by atoms with E-state index in [9.17, 15) is 9.59 Å². The van der Waals surface area contributed by atoms with Gasteiger partial charge in [0, 0.05) is 44.7 Å². The van der Waals surface area contributed by atoms with Crippen molar-refractivity contribution in [3.8, 4) is 0 Å². The molecule has 6 heteroatoms. The molecule has 0 N–H and O–H groups in total. The third kappa shape index (κ3) is 3.62. The number of ether oxygens (including phenoxy) is 1. The SMILES string of the molecule is CCOC(=O)N1CCN(C)C2(CCC(=O)N(CC3CC3)CC2)C1. The number of rotatable bonds is 3. The zero-order valence-electron chi connectivity index (χ0n) is 14.4. The van der Waals surface area contributed by atoms with Gasteiger partial charge in [0.05, 0.1) is 6.61 Å². The predicted octanol–water partition coefficient (Wildman–Crippen LogP) is 1.55. The number of amides is 2. The Hall–Kier alpha value is -1.30. The summed E-state index contributed by atoms with van der Waals surface area (Å²) in [6.07, 6.45) is 4.69. The summed E-state index contributed by atoms with van der Waals surface area (Å²) in [7, 11) is 2.13. The summed E-state index contributed by atoms with van der Waals surface area (Å²) in [6.45, 7) is 6.21. The number of likely N-dealkylation sites (N-methyl/N-ethyl adjacent to an activating group) is 1. The summed E-state index contributed by atoms with van der Waals surface area (Å²) in [5, 5.41) is 0. The quantitative estimate of drug-likeness (QED) is 0.791. The molecule has 0 aromatic rings. The lowest BCUT2D eigenvalue weighted by Crippen LogP contribution is -2.62. The summed E-state index contributed by atoms with van der Waals surface area (Å²) in [6, 6.07) is 0. The molecule has 0 bridgehead atoms. The maximum atomic E-state index is 12.4. The van der Waals surface area contributed by atoms with Gasteiger partial charge in [0.25, 0.3) is 0 Å². The van der Waals surface area contributed by atoms with E-state index in [1.807, 2.05) is 11.8 Å². The van der Waals surface area contributed by atoms with Crippen LogP contribution >= 0.6 is 0 Å². The molecule has 3 fully saturated rings. The van der Waals surface area contributed by atoms with Crippen LogP contribution in [0.25, 0.3) is 0 Å². The van der Waals surface area contributed by atoms with E-state index in [0.29, 0.717) is 26.1 Å². The van der Waals surface area contributed by atoms with Gasteiger partial charge < -0.3 is 14.5 Å². The van der Waals surface area contributed by atoms with Crippen molar-refractivity contribution in [3.05, 3.63) is 0 Å². The Labute approximate surface area is 138 Å². The van der Waals surface area contributed by atoms with Crippen molar-refractivity contribution in [2.24, 2.45) is 5.92 Å². The van der Waals surface area contributed by atoms with E-state index in [-0.39, 0.29) is 17.5 Å². The van der Waals surface area contributed by atoms with E-state index in [1.54, 1.807) is 0 Å². The second-order valence-corrected chi connectivity index (χ2v) is 7.30. The Morgan fingerprint density at radius 2 is 2.04 bits per heavy atom. The fourth-order valence-electron chi connectivity index (χ4n) is 3.87. The van der Waals surface area contributed by atoms with Crippen molar-refractivity contribution in [2.75, 3.05) is 46.4 Å². The molecule has 1 unspecified atom stereocenters. The van der Waals surface area contributed by atoms with Crippen LogP contribution in [0.4, 0.5) is 4.79 Å². The van der Waals surface area contributed by atoms with Gasteiger partial charge in [-0.1, -0.05) is 0 Å². The first-order valence-corrected chi connectivity index (χ1v) is 8.95. The van der Waals surface area contributed by atoms with Gasteiger partial charge in [0.15, 0.2) is 0 Å². The van der Waals surface area contributed by atoms with E-state index < -0.39 is 0 Å². The van der Waals surface area contributed by atoms with Crippen LogP contribution in [0.1, 0.15) is 39.0 Å². The van der Waals surface area contributed by atoms with Gasteiger partial charge in [-0.2, -0.15) is 0 Å². The van der Waals surface area contributed by atoms with Crippen LogP contribution in [0.5, 0.6) is 0 Å². The van der Waals surface area contributed by atoms with Crippen LogP contribution in [0.2, 0.25) is 0 Å². The standard InChI is InChI=1S/C17H29N3O3/c1-3-23-16(22)20-11-10-18(2)17(13-20)7-6-15(21)19(9-8-17)12-14-4-5-14/h14H,3-13H2,1-2H3. The zero-order valence-corrected chi connectivity index (χ0v) is 14.4. The Morgan fingerprint density at radius 3 is 2.74 bits per heavy atom. The number of nitrogens with zero attached hydrogens (tertiary/aromatic N) is 3. The van der Waals surface area contributed by atoms with Crippen molar-refractivity contribution in [1.29, 1.82) is 0 Å². The first-order chi connectivity index (χ1) is 11.0. The highest BCUT2D eigenvalue weighted by molar-refractivity contribution is 5.76. The predicted molar refractivity (Wildman–Crippen MR) is 87.1 cm³/mol. The first-order valence-electron chi connectivity index (χ1n) is 8.95. The van der Waals surface area contributed by atoms with Gasteiger partial charge in [-0.05, 0) is 45.6 Å². The number of hydrogen-bond acceptors (Lipinski definition) is 4. The van der Waals surface area contributed by atoms with Crippen molar-refractivity contribution < 1.29 is 14.3 Å². The van der Waals surface area contributed by atoms with Gasteiger partial charge in [-0.15, -0.1) is 0 Å². The molecule has 1 atom stereocenters. The average molecular weight is 323 g/mol. The molecule has 1 aliphatic carbocycles. The van der Waals surface area contributed by atoms with Gasteiger partial charge in [-0.3, -0.25) is 9.69 Å². The summed E-state index contributed by atoms with van der Waals surface area (Å²) < 4.78 is 5.18. The number of likely N-dealkylation sites (tertiary alicyclic amines) is 1. The van der Waals surface area contributed by atoms with Gasteiger partial charge >= 0.3 is 6.09 Å². The molecule has 2 amide bonds. The molecule has 1 saturated carbocycles. The third-order valence-electron chi connectivity index (χ3n) is 5.71. The van der Waals surface area contributed by atoms with Crippen LogP contribution in [-0.2, 0) is 9.53 Å². The zero-order chi connectivity index (χ0) is 16.4. The minimum absolute atomic E-state index is 0.0844. The number of carbonyl (C=O) groups excluding carboxylic acids is 2. The molecule has 0 radical (unpaired) electrons. The van der Waals surface area contributed by atoms with Crippen molar-refractivity contribution >= 4 is 12.0 Å². The summed E-state index contributed by atoms with van der Waals surface area (Å²) in [5.41, 5.74) is -0.0844. The van der Waals surface area contributed by atoms with Crippen LogP contribution in [0.3, 0.4) is 0 Å². The maximum absolute atomic E-state index is 12.4. The highest BCUT2D eigenvalue weighted by Gasteiger charge is 2.44. The Bertz CT molecular complexity index is 466. The molecule has 23 heavy (non-hydrogen) atoms. The Morgan fingerprint density at radius 1 is 1.26 bits per heavy atom. The lowest BCUT2D eigenvalue weighted by molar-refractivity contribution is -0.130. The van der Waals surface area contributed by atoms with E-state index >= 15 is 0 Å². The monoisotopic (exact) mass is 323 g/mol. The second-order valence-electron chi connectivity index (χ2n) is 7.30. The van der Waals surface area contributed by atoms with E-state index in [0.717, 1.165) is 38.4 Å². The number of piperazine rings is 1. The van der Waals surface area contributed by atoms with E-state index in [4.69, 9.17) is 4.74 Å². The fourth-order valence-corrected chi connectivity index (χ4v) is 3.87. The Balaban J connectivity index is 1.68. The minimum atomic E-state index is -0.217. The second kappa shape index (κ2) is 6.67. The molecule has 3 aliphatic rings. The summed E-state index contributed by atoms with van der Waals surface area (Å²) >= 11 is 0. The van der Waals surface area contributed by atoms with Crippen LogP contribution < -0.4 is 0 Å². The minimum Gasteiger partial charge on any atom is -0.450 e.